The molecule has 1 fully saturated rings. The fourth-order valence-electron chi connectivity index (χ4n) is 3.44. The predicted octanol–water partition coefficient (Wildman–Crippen LogP) is 2.04. The molecule has 1 saturated heterocycles. The van der Waals surface area contributed by atoms with Gasteiger partial charge in [-0.1, -0.05) is 12.1 Å². The maximum atomic E-state index is 11.5. The normalized spacial score (nSPS) is 18.1. The third-order valence-corrected chi connectivity index (χ3v) is 4.44. The van der Waals surface area contributed by atoms with E-state index >= 15 is 0 Å². The number of piperidine rings is 1. The second kappa shape index (κ2) is 6.58. The highest BCUT2D eigenvalue weighted by Crippen LogP contribution is 2.34. The molecule has 9 nitrogen and oxygen atoms in total. The first-order valence-electron chi connectivity index (χ1n) is 8.24. The Bertz CT molecular complexity index is 738. The molecule has 0 spiro atoms. The van der Waals surface area contributed by atoms with Crippen molar-refractivity contribution in [1.29, 1.82) is 0 Å². The van der Waals surface area contributed by atoms with Crippen LogP contribution >= 0.6 is 0 Å². The van der Waals surface area contributed by atoms with E-state index < -0.39 is 0 Å². The smallest absolute Gasteiger partial charge is 0.334 e. The van der Waals surface area contributed by atoms with Crippen molar-refractivity contribution in [2.45, 2.75) is 39.5 Å². The van der Waals surface area contributed by atoms with Gasteiger partial charge in [0, 0.05) is 33.5 Å². The van der Waals surface area contributed by atoms with Gasteiger partial charge in [-0.3, -0.25) is 10.1 Å². The van der Waals surface area contributed by atoms with E-state index in [1.165, 1.54) is 0 Å². The molecule has 0 aliphatic carbocycles. The molecule has 1 aliphatic rings. The highest BCUT2D eigenvalue weighted by atomic mass is 16.6. The molecule has 0 radical (unpaired) electrons. The van der Waals surface area contributed by atoms with Crippen molar-refractivity contribution in [1.82, 2.24) is 19.9 Å². The van der Waals surface area contributed by atoms with Crippen LogP contribution in [0.1, 0.15) is 37.2 Å². The molecule has 1 aliphatic heterocycles. The minimum Gasteiger partial charge on any atom is -0.351 e. The standard InChI is InChI=1S/C15H22N6O3/c1-4-12-14(21(22)23)15(19(3)17-12)20-7-5-6-11(9-20)8-13-16-10(2)24-18-13/h11H,4-9H2,1-3H3/t11-/m0/s1. The molecule has 3 rings (SSSR count). The highest BCUT2D eigenvalue weighted by Gasteiger charge is 2.32. The molecule has 9 heteroatoms. The van der Waals surface area contributed by atoms with Gasteiger partial charge in [0.25, 0.3) is 0 Å². The summed E-state index contributed by atoms with van der Waals surface area (Å²) in [5.74, 6) is 2.21. The summed E-state index contributed by atoms with van der Waals surface area (Å²) in [5.41, 5.74) is 0.671. The Kier molecular flexibility index (Phi) is 4.50. The van der Waals surface area contributed by atoms with E-state index in [4.69, 9.17) is 4.52 Å². The van der Waals surface area contributed by atoms with Gasteiger partial charge in [0.15, 0.2) is 5.82 Å². The molecular weight excluding hydrogens is 312 g/mol. The van der Waals surface area contributed by atoms with Crippen molar-refractivity contribution in [2.24, 2.45) is 13.0 Å². The third kappa shape index (κ3) is 3.10. The maximum Gasteiger partial charge on any atom is 0.334 e. The second-order valence-electron chi connectivity index (χ2n) is 6.24. The number of anilines is 1. The summed E-state index contributed by atoms with van der Waals surface area (Å²) in [6, 6.07) is 0. The van der Waals surface area contributed by atoms with Gasteiger partial charge in [-0.05, 0) is 25.2 Å². The fraction of sp³-hybridized carbons (Fsp3) is 0.667. The molecule has 0 amide bonds. The summed E-state index contributed by atoms with van der Waals surface area (Å²) in [5, 5.41) is 19.8. The van der Waals surface area contributed by atoms with E-state index in [0.29, 0.717) is 35.6 Å². The number of hydrogen-bond acceptors (Lipinski definition) is 7. The lowest BCUT2D eigenvalue weighted by molar-refractivity contribution is -0.384. The summed E-state index contributed by atoms with van der Waals surface area (Å²) in [6.45, 7) is 5.19. The summed E-state index contributed by atoms with van der Waals surface area (Å²) in [6.07, 6.45) is 3.30. The number of nitro groups is 1. The van der Waals surface area contributed by atoms with E-state index in [1.54, 1.807) is 18.7 Å². The number of nitrogens with zero attached hydrogens (tertiary/aromatic N) is 6. The van der Waals surface area contributed by atoms with E-state index in [2.05, 4.69) is 20.1 Å². The molecule has 2 aromatic rings. The Balaban J connectivity index is 1.82. The Hall–Kier alpha value is -2.45. The Morgan fingerprint density at radius 3 is 2.88 bits per heavy atom. The van der Waals surface area contributed by atoms with Gasteiger partial charge in [-0.25, -0.2) is 4.68 Å². The Morgan fingerprint density at radius 1 is 1.46 bits per heavy atom. The van der Waals surface area contributed by atoms with Gasteiger partial charge in [0.1, 0.15) is 5.69 Å². The van der Waals surface area contributed by atoms with Gasteiger partial charge in [0.2, 0.25) is 11.7 Å². The van der Waals surface area contributed by atoms with Crippen molar-refractivity contribution in [3.8, 4) is 0 Å². The van der Waals surface area contributed by atoms with E-state index in [-0.39, 0.29) is 10.6 Å². The predicted molar refractivity (Wildman–Crippen MR) is 86.9 cm³/mol. The van der Waals surface area contributed by atoms with E-state index in [0.717, 1.165) is 32.4 Å². The highest BCUT2D eigenvalue weighted by molar-refractivity contribution is 5.61. The van der Waals surface area contributed by atoms with Gasteiger partial charge < -0.3 is 9.42 Å². The average molecular weight is 334 g/mol. The van der Waals surface area contributed by atoms with Gasteiger partial charge in [0.05, 0.1) is 4.92 Å². The molecule has 0 saturated carbocycles. The van der Waals surface area contributed by atoms with E-state index in [1.807, 2.05) is 6.92 Å². The van der Waals surface area contributed by atoms with Crippen LogP contribution < -0.4 is 4.90 Å². The van der Waals surface area contributed by atoms with Crippen molar-refractivity contribution in [3.05, 3.63) is 27.5 Å². The Morgan fingerprint density at radius 2 is 2.25 bits per heavy atom. The van der Waals surface area contributed by atoms with Gasteiger partial charge >= 0.3 is 5.69 Å². The van der Waals surface area contributed by atoms with Crippen LogP contribution in [0.15, 0.2) is 4.52 Å². The van der Waals surface area contributed by atoms with Crippen LogP contribution in [0, 0.1) is 23.0 Å². The zero-order valence-corrected chi connectivity index (χ0v) is 14.2. The quantitative estimate of drug-likeness (QED) is 0.609. The van der Waals surface area contributed by atoms with Crippen LogP contribution in [-0.4, -0.2) is 37.9 Å². The summed E-state index contributed by atoms with van der Waals surface area (Å²) in [7, 11) is 1.77. The van der Waals surface area contributed by atoms with Gasteiger partial charge in [-0.2, -0.15) is 10.1 Å². The molecule has 0 N–H and O–H groups in total. The molecule has 3 heterocycles. The number of rotatable bonds is 5. The van der Waals surface area contributed by atoms with Crippen molar-refractivity contribution < 1.29 is 9.45 Å². The van der Waals surface area contributed by atoms with Crippen LogP contribution in [-0.2, 0) is 19.9 Å². The van der Waals surface area contributed by atoms with Crippen LogP contribution in [0.2, 0.25) is 0 Å². The topological polar surface area (TPSA) is 103 Å². The molecule has 130 valence electrons. The molecule has 0 aromatic carbocycles. The molecule has 0 unspecified atom stereocenters. The number of aromatic nitrogens is 4. The zero-order valence-electron chi connectivity index (χ0n) is 14.2. The first-order chi connectivity index (χ1) is 11.5. The Labute approximate surface area is 139 Å². The number of hydrogen-bond donors (Lipinski definition) is 0. The monoisotopic (exact) mass is 334 g/mol. The average Bonchev–Trinajstić information content (AvgIpc) is 3.10. The molecule has 1 atom stereocenters. The largest absolute Gasteiger partial charge is 0.351 e. The molecule has 2 aromatic heterocycles. The minimum absolute atomic E-state index is 0.135. The van der Waals surface area contributed by atoms with Crippen molar-refractivity contribution in [3.63, 3.8) is 0 Å². The first-order valence-corrected chi connectivity index (χ1v) is 8.24. The van der Waals surface area contributed by atoms with Crippen LogP contribution in [0.4, 0.5) is 11.5 Å². The van der Waals surface area contributed by atoms with E-state index in [9.17, 15) is 10.1 Å². The summed E-state index contributed by atoms with van der Waals surface area (Å²) < 4.78 is 6.66. The molecule has 0 bridgehead atoms. The summed E-state index contributed by atoms with van der Waals surface area (Å²) >= 11 is 0. The second-order valence-corrected chi connectivity index (χ2v) is 6.24. The fourth-order valence-corrected chi connectivity index (χ4v) is 3.44. The third-order valence-electron chi connectivity index (χ3n) is 4.44. The summed E-state index contributed by atoms with van der Waals surface area (Å²) in [4.78, 5) is 17.5. The molecule has 24 heavy (non-hydrogen) atoms. The SMILES string of the molecule is CCc1nn(C)c(N2CCC[C@@H](Cc3noc(C)n3)C2)c1[N+](=O)[O-]. The lowest BCUT2D eigenvalue weighted by atomic mass is 9.94. The number of aryl methyl sites for hydroxylation is 3. The minimum atomic E-state index is -0.312. The van der Waals surface area contributed by atoms with Crippen LogP contribution in [0.5, 0.6) is 0 Å². The zero-order chi connectivity index (χ0) is 17.3. The maximum absolute atomic E-state index is 11.5. The van der Waals surface area contributed by atoms with Crippen molar-refractivity contribution in [2.75, 3.05) is 18.0 Å². The van der Waals surface area contributed by atoms with Crippen molar-refractivity contribution >= 4 is 11.5 Å². The molecular formula is C15H22N6O3. The van der Waals surface area contributed by atoms with Crippen LogP contribution in [0.25, 0.3) is 0 Å². The van der Waals surface area contributed by atoms with Crippen LogP contribution in [0.3, 0.4) is 0 Å². The first kappa shape index (κ1) is 16.4. The van der Waals surface area contributed by atoms with Gasteiger partial charge in [-0.15, -0.1) is 0 Å². The lowest BCUT2D eigenvalue weighted by Crippen LogP contribution is -2.37. The lowest BCUT2D eigenvalue weighted by Gasteiger charge is -2.33.